The highest BCUT2D eigenvalue weighted by Crippen LogP contribution is 2.24. The molecule has 1 saturated heterocycles. The normalized spacial score (nSPS) is 21.6. The van der Waals surface area contributed by atoms with Gasteiger partial charge in [0.25, 0.3) is 5.91 Å². The number of nitrogens with zero attached hydrogens (tertiary/aromatic N) is 2. The molecule has 2 heterocycles. The minimum absolute atomic E-state index is 0.0706. The molecule has 33 heavy (non-hydrogen) atoms. The molecule has 1 fully saturated rings. The van der Waals surface area contributed by atoms with Crippen molar-refractivity contribution < 1.29 is 24.3 Å². The number of carbonyl (C=O) groups is 2. The second kappa shape index (κ2) is 12.2. The molecule has 0 spiro atoms. The Kier molecular flexibility index (Phi) is 9.10. The van der Waals surface area contributed by atoms with Gasteiger partial charge in [0.1, 0.15) is 5.75 Å². The summed E-state index contributed by atoms with van der Waals surface area (Å²) in [6, 6.07) is 3.10. The number of ether oxygens (including phenoxy) is 1. The van der Waals surface area contributed by atoms with Crippen LogP contribution in [0.1, 0.15) is 60.5 Å². The summed E-state index contributed by atoms with van der Waals surface area (Å²) in [5.74, 6) is 0.221. The first-order chi connectivity index (χ1) is 15.9. The van der Waals surface area contributed by atoms with Gasteiger partial charge in [0.05, 0.1) is 17.9 Å². The van der Waals surface area contributed by atoms with E-state index in [2.05, 4.69) is 18.2 Å². The van der Waals surface area contributed by atoms with E-state index in [4.69, 9.17) is 9.57 Å². The number of rotatable bonds is 3. The molecule has 1 aromatic rings. The number of fused-ring (bicyclic) bond motifs is 1. The summed E-state index contributed by atoms with van der Waals surface area (Å²) >= 11 is 0. The van der Waals surface area contributed by atoms with Crippen LogP contribution in [0.3, 0.4) is 0 Å². The molecular formula is C26H34N2O5. The summed E-state index contributed by atoms with van der Waals surface area (Å²) in [7, 11) is 0. The highest BCUT2D eigenvalue weighted by Gasteiger charge is 2.21. The minimum atomic E-state index is -0.424. The number of aromatic hydroxyl groups is 1. The first kappa shape index (κ1) is 24.6. The van der Waals surface area contributed by atoms with Gasteiger partial charge in [-0.05, 0) is 74.3 Å². The van der Waals surface area contributed by atoms with E-state index < -0.39 is 5.97 Å². The van der Waals surface area contributed by atoms with Gasteiger partial charge in [-0.1, -0.05) is 30.3 Å². The number of esters is 1. The maximum atomic E-state index is 12.7. The molecule has 0 aliphatic carbocycles. The van der Waals surface area contributed by atoms with Crippen molar-refractivity contribution >= 4 is 17.6 Å². The van der Waals surface area contributed by atoms with Crippen LogP contribution < -0.4 is 0 Å². The van der Waals surface area contributed by atoms with Crippen molar-refractivity contribution in [2.75, 3.05) is 26.3 Å². The zero-order valence-electron chi connectivity index (χ0n) is 19.6. The summed E-state index contributed by atoms with van der Waals surface area (Å²) < 4.78 is 5.45. The first-order valence-corrected chi connectivity index (χ1v) is 11.7. The third-order valence-corrected chi connectivity index (χ3v) is 5.98. The van der Waals surface area contributed by atoms with Crippen molar-refractivity contribution in [3.8, 4) is 5.75 Å². The van der Waals surface area contributed by atoms with Crippen molar-refractivity contribution in [1.29, 1.82) is 0 Å². The average molecular weight is 455 g/mol. The number of benzene rings is 1. The second-order valence-corrected chi connectivity index (χ2v) is 8.77. The van der Waals surface area contributed by atoms with E-state index in [1.165, 1.54) is 0 Å². The van der Waals surface area contributed by atoms with E-state index in [1.807, 2.05) is 23.1 Å². The smallest absolute Gasteiger partial charge is 0.338 e. The monoisotopic (exact) mass is 454 g/mol. The van der Waals surface area contributed by atoms with Crippen LogP contribution in [0.25, 0.3) is 0 Å². The predicted octanol–water partition coefficient (Wildman–Crippen LogP) is 4.33. The Morgan fingerprint density at radius 2 is 1.91 bits per heavy atom. The quantitative estimate of drug-likeness (QED) is 0.417. The van der Waals surface area contributed by atoms with Gasteiger partial charge in [-0.25, -0.2) is 4.79 Å². The second-order valence-electron chi connectivity index (χ2n) is 8.77. The maximum absolute atomic E-state index is 12.7. The molecule has 0 saturated carbocycles. The van der Waals surface area contributed by atoms with Crippen LogP contribution in [0.4, 0.5) is 0 Å². The number of oxime groups is 1. The van der Waals surface area contributed by atoms with Gasteiger partial charge >= 0.3 is 5.97 Å². The molecule has 0 bridgehead atoms. The van der Waals surface area contributed by atoms with Gasteiger partial charge < -0.3 is 19.6 Å². The van der Waals surface area contributed by atoms with Crippen molar-refractivity contribution in [3.63, 3.8) is 0 Å². The number of phenolic OH excluding ortho intramolecular Hbond substituents is 1. The average Bonchev–Trinajstić information content (AvgIpc) is 2.77. The fourth-order valence-corrected chi connectivity index (χ4v) is 4.05. The minimum Gasteiger partial charge on any atom is -0.508 e. The highest BCUT2D eigenvalue weighted by atomic mass is 16.6. The van der Waals surface area contributed by atoms with Crippen LogP contribution in [0, 0.1) is 12.8 Å². The fourth-order valence-electron chi connectivity index (χ4n) is 4.05. The van der Waals surface area contributed by atoms with Gasteiger partial charge in [-0.3, -0.25) is 4.79 Å². The SMILES string of the molecule is Cc1cc(O)cc2c1C(=O)OCC/C=C/CC/C=C/C(=N\OCC(=O)N1CCC(C)CC1)C2. The van der Waals surface area contributed by atoms with Crippen LogP contribution in [-0.2, 0) is 20.8 Å². The van der Waals surface area contributed by atoms with Gasteiger partial charge in [-0.2, -0.15) is 0 Å². The molecule has 0 unspecified atom stereocenters. The molecule has 1 amide bonds. The highest BCUT2D eigenvalue weighted by molar-refractivity contribution is 6.00. The van der Waals surface area contributed by atoms with Gasteiger partial charge in [-0.15, -0.1) is 0 Å². The topological polar surface area (TPSA) is 88.4 Å². The van der Waals surface area contributed by atoms with Gasteiger partial charge in [0.15, 0.2) is 6.61 Å². The lowest BCUT2D eigenvalue weighted by Gasteiger charge is -2.29. The molecule has 3 rings (SSSR count). The molecule has 7 nitrogen and oxygen atoms in total. The van der Waals surface area contributed by atoms with E-state index in [0.29, 0.717) is 41.3 Å². The van der Waals surface area contributed by atoms with Crippen LogP contribution in [0.2, 0.25) is 0 Å². The molecule has 1 N–H and O–H groups in total. The Labute approximate surface area is 195 Å². The zero-order valence-corrected chi connectivity index (χ0v) is 19.6. The fraction of sp³-hybridized carbons (Fsp3) is 0.500. The molecule has 0 radical (unpaired) electrons. The number of phenols is 1. The summed E-state index contributed by atoms with van der Waals surface area (Å²) in [6.07, 6.45) is 12.5. The first-order valence-electron chi connectivity index (χ1n) is 11.7. The Bertz CT molecular complexity index is 927. The number of hydrogen-bond acceptors (Lipinski definition) is 6. The van der Waals surface area contributed by atoms with Crippen LogP contribution in [-0.4, -0.2) is 53.9 Å². The lowest BCUT2D eigenvalue weighted by molar-refractivity contribution is -0.137. The lowest BCUT2D eigenvalue weighted by atomic mass is 9.96. The van der Waals surface area contributed by atoms with E-state index >= 15 is 0 Å². The van der Waals surface area contributed by atoms with E-state index in [-0.39, 0.29) is 24.7 Å². The van der Waals surface area contributed by atoms with E-state index in [0.717, 1.165) is 38.8 Å². The number of cyclic esters (lactones) is 1. The zero-order chi connectivity index (χ0) is 23.6. The third-order valence-electron chi connectivity index (χ3n) is 5.98. The predicted molar refractivity (Wildman–Crippen MR) is 127 cm³/mol. The summed E-state index contributed by atoms with van der Waals surface area (Å²) in [5, 5.41) is 14.3. The van der Waals surface area contributed by atoms with Crippen molar-refractivity contribution in [3.05, 3.63) is 53.1 Å². The Hall–Kier alpha value is -3.09. The lowest BCUT2D eigenvalue weighted by Crippen LogP contribution is -2.39. The van der Waals surface area contributed by atoms with Crippen molar-refractivity contribution in [2.24, 2.45) is 11.1 Å². The number of likely N-dealkylation sites (tertiary alicyclic amines) is 1. The van der Waals surface area contributed by atoms with Crippen LogP contribution in [0.15, 0.2) is 41.6 Å². The number of amides is 1. The number of carbonyl (C=O) groups excluding carboxylic acids is 2. The molecule has 2 aliphatic heterocycles. The summed E-state index contributed by atoms with van der Waals surface area (Å²) in [4.78, 5) is 32.5. The summed E-state index contributed by atoms with van der Waals surface area (Å²) in [5.41, 5.74) is 2.23. The molecule has 0 aromatic heterocycles. The number of hydrogen-bond donors (Lipinski definition) is 1. The molecule has 7 heteroatoms. The summed E-state index contributed by atoms with van der Waals surface area (Å²) in [6.45, 7) is 5.65. The van der Waals surface area contributed by atoms with Crippen LogP contribution in [0.5, 0.6) is 5.75 Å². The molecular weight excluding hydrogens is 420 g/mol. The molecule has 2 aliphatic rings. The third kappa shape index (κ3) is 7.48. The Morgan fingerprint density at radius 3 is 2.70 bits per heavy atom. The van der Waals surface area contributed by atoms with E-state index in [9.17, 15) is 14.7 Å². The van der Waals surface area contributed by atoms with Crippen molar-refractivity contribution in [1.82, 2.24) is 4.90 Å². The standard InChI is InChI=1S/C26H34N2O5/c1-19-10-12-28(13-11-19)24(30)18-33-27-22-9-7-5-3-4-6-8-14-32-26(31)25-20(2)15-23(29)17-21(25)16-22/h4,6-7,9,15,17,19,29H,3,5,8,10-14,16,18H2,1-2H3/b6-4+,9-7+,27-22+. The van der Waals surface area contributed by atoms with Gasteiger partial charge in [0, 0.05) is 19.5 Å². The van der Waals surface area contributed by atoms with Crippen LogP contribution >= 0.6 is 0 Å². The Balaban J connectivity index is 1.78. The maximum Gasteiger partial charge on any atom is 0.338 e. The molecule has 1 aromatic carbocycles. The molecule has 178 valence electrons. The van der Waals surface area contributed by atoms with E-state index in [1.54, 1.807) is 19.1 Å². The Morgan fingerprint density at radius 1 is 1.18 bits per heavy atom. The van der Waals surface area contributed by atoms with Gasteiger partial charge in [0.2, 0.25) is 0 Å². The molecule has 0 atom stereocenters. The van der Waals surface area contributed by atoms with Crippen molar-refractivity contribution in [2.45, 2.75) is 52.4 Å². The number of allylic oxidation sites excluding steroid dienone is 3. The number of aryl methyl sites for hydroxylation is 1. The number of piperidine rings is 1. The largest absolute Gasteiger partial charge is 0.508 e.